The molecule has 6 rings (SSSR count). The van der Waals surface area contributed by atoms with Crippen molar-refractivity contribution in [3.8, 4) is 0 Å². The van der Waals surface area contributed by atoms with E-state index in [4.69, 9.17) is 4.74 Å². The lowest BCUT2D eigenvalue weighted by atomic mass is 9.99. The van der Waals surface area contributed by atoms with E-state index in [1.807, 2.05) is 97.9 Å². The van der Waals surface area contributed by atoms with E-state index >= 15 is 0 Å². The Morgan fingerprint density at radius 3 is 2.18 bits per heavy atom. The number of amides is 2. The third kappa shape index (κ3) is 6.13. The fraction of sp³-hybridized carbons (Fsp3) is 0.250. The zero-order valence-corrected chi connectivity index (χ0v) is 25.7. The van der Waals surface area contributed by atoms with Crippen molar-refractivity contribution in [1.82, 2.24) is 30.4 Å². The molecule has 3 atom stereocenters. The van der Waals surface area contributed by atoms with Gasteiger partial charge in [0.1, 0.15) is 17.1 Å². The normalized spacial score (nSPS) is 19.4. The molecular weight excluding hydrogens is 597 g/mol. The second kappa shape index (κ2) is 13.1. The molecule has 2 aliphatic rings. The number of ether oxygens (including phenoxy) is 1. The van der Waals surface area contributed by atoms with Gasteiger partial charge < -0.3 is 10.1 Å². The van der Waals surface area contributed by atoms with Gasteiger partial charge in [0.05, 0.1) is 6.42 Å². The summed E-state index contributed by atoms with van der Waals surface area (Å²) < 4.78 is 7.81. The molecule has 3 heterocycles. The molecule has 3 aromatic carbocycles. The average molecular weight is 627 g/mol. The summed E-state index contributed by atoms with van der Waals surface area (Å²) in [6, 6.07) is 27.6. The van der Waals surface area contributed by atoms with E-state index in [1.165, 1.54) is 28.4 Å². The highest BCUT2D eigenvalue weighted by atomic mass is 32.2. The van der Waals surface area contributed by atoms with Crippen LogP contribution in [0, 0.1) is 0 Å². The first-order chi connectivity index (χ1) is 21.4. The largest absolute Gasteiger partial charge is 0.448 e. The van der Waals surface area contributed by atoms with Crippen LogP contribution in [0.1, 0.15) is 29.7 Å². The van der Waals surface area contributed by atoms with Crippen LogP contribution >= 0.6 is 23.5 Å². The van der Waals surface area contributed by atoms with Crippen LogP contribution in [0.15, 0.2) is 107 Å². The SMILES string of the molecule is C[C@H]1S[C@@H]2C(NC(=O)Cc3ccccc3)C(=O)N2C(C(=O)OC(c2ccccc2)c2ccccc2)=C1CSc1nnnn1C. The number of hydrogen-bond donors (Lipinski definition) is 1. The minimum Gasteiger partial charge on any atom is -0.448 e. The number of hydrogen-bond acceptors (Lipinski definition) is 9. The van der Waals surface area contributed by atoms with Gasteiger partial charge in [-0.2, -0.15) is 0 Å². The summed E-state index contributed by atoms with van der Waals surface area (Å²) in [7, 11) is 1.74. The number of nitrogens with zero attached hydrogens (tertiary/aromatic N) is 5. The van der Waals surface area contributed by atoms with Crippen molar-refractivity contribution in [2.75, 3.05) is 5.75 Å². The lowest BCUT2D eigenvalue weighted by molar-refractivity contribution is -0.154. The van der Waals surface area contributed by atoms with Gasteiger partial charge in [-0.1, -0.05) is 103 Å². The van der Waals surface area contributed by atoms with Gasteiger partial charge in [-0.15, -0.1) is 16.9 Å². The number of thioether (sulfide) groups is 2. The third-order valence-electron chi connectivity index (χ3n) is 7.51. The summed E-state index contributed by atoms with van der Waals surface area (Å²) in [5, 5.41) is 14.5. The van der Waals surface area contributed by atoms with Crippen molar-refractivity contribution >= 4 is 41.3 Å². The van der Waals surface area contributed by atoms with Gasteiger partial charge in [0.15, 0.2) is 6.10 Å². The monoisotopic (exact) mass is 626 g/mol. The molecule has 2 amide bonds. The fourth-order valence-corrected chi connectivity index (χ4v) is 7.81. The molecule has 2 aliphatic heterocycles. The number of carbonyl (C=O) groups is 3. The fourth-order valence-electron chi connectivity index (χ4n) is 5.27. The summed E-state index contributed by atoms with van der Waals surface area (Å²) in [4.78, 5) is 42.3. The molecule has 1 fully saturated rings. The van der Waals surface area contributed by atoms with Gasteiger partial charge in [-0.25, -0.2) is 9.48 Å². The lowest BCUT2D eigenvalue weighted by Gasteiger charge is -2.51. The summed E-state index contributed by atoms with van der Waals surface area (Å²) in [6.07, 6.45) is -0.526. The van der Waals surface area contributed by atoms with Gasteiger partial charge in [0, 0.05) is 18.1 Å². The maximum absolute atomic E-state index is 14.2. The molecule has 0 bridgehead atoms. The second-order valence-corrected chi connectivity index (χ2v) is 12.8. The number of carbonyl (C=O) groups excluding carboxylic acids is 3. The van der Waals surface area contributed by atoms with Gasteiger partial charge in [-0.3, -0.25) is 14.5 Å². The molecule has 1 aromatic heterocycles. The number of esters is 1. The van der Waals surface area contributed by atoms with Crippen LogP contribution in [0.5, 0.6) is 0 Å². The summed E-state index contributed by atoms with van der Waals surface area (Å²) in [5.41, 5.74) is 3.42. The molecule has 1 saturated heterocycles. The van der Waals surface area contributed by atoms with E-state index in [0.717, 1.165) is 22.3 Å². The Morgan fingerprint density at radius 2 is 1.59 bits per heavy atom. The highest BCUT2D eigenvalue weighted by molar-refractivity contribution is 8.01. The first-order valence-corrected chi connectivity index (χ1v) is 16.0. The molecule has 0 radical (unpaired) electrons. The van der Waals surface area contributed by atoms with Crippen LogP contribution in [-0.4, -0.2) is 65.3 Å². The number of benzene rings is 3. The quantitative estimate of drug-likeness (QED) is 0.159. The van der Waals surface area contributed by atoms with Crippen molar-refractivity contribution in [1.29, 1.82) is 0 Å². The molecule has 224 valence electrons. The maximum Gasteiger partial charge on any atom is 0.356 e. The Morgan fingerprint density at radius 1 is 0.977 bits per heavy atom. The van der Waals surface area contributed by atoms with E-state index in [0.29, 0.717) is 10.9 Å². The van der Waals surface area contributed by atoms with Gasteiger partial charge in [0.25, 0.3) is 5.91 Å². The molecular formula is C32H30N6O4S2. The van der Waals surface area contributed by atoms with Crippen LogP contribution < -0.4 is 5.32 Å². The molecule has 4 aromatic rings. The van der Waals surface area contributed by atoms with Crippen molar-refractivity contribution in [3.63, 3.8) is 0 Å². The highest BCUT2D eigenvalue weighted by Crippen LogP contribution is 2.46. The molecule has 0 aliphatic carbocycles. The lowest BCUT2D eigenvalue weighted by Crippen LogP contribution is -2.71. The first kappa shape index (κ1) is 29.6. The average Bonchev–Trinajstić information content (AvgIpc) is 3.46. The number of tetrazole rings is 1. The van der Waals surface area contributed by atoms with Crippen LogP contribution in [0.4, 0.5) is 0 Å². The Labute approximate surface area is 263 Å². The topological polar surface area (TPSA) is 119 Å². The van der Waals surface area contributed by atoms with E-state index < -0.39 is 23.5 Å². The summed E-state index contributed by atoms with van der Waals surface area (Å²) in [5.74, 6) is -0.828. The number of aromatic nitrogens is 4. The van der Waals surface area contributed by atoms with Crippen LogP contribution in [0.25, 0.3) is 0 Å². The minimum atomic E-state index is -0.752. The molecule has 1 N–H and O–H groups in total. The number of nitrogens with one attached hydrogen (secondary N) is 1. The highest BCUT2D eigenvalue weighted by Gasteiger charge is 2.56. The standard InChI is InChI=1S/C32H30N6O4S2/c1-20-24(19-43-32-34-35-36-37(32)2)27(31(41)42-28(22-14-8-4-9-15-22)23-16-10-5-11-17-23)38-29(40)26(30(38)44-20)33-25(39)18-21-12-6-3-7-13-21/h3-17,20,26,28,30H,18-19H2,1-2H3,(H,33,39)/t20-,26?,30-/m1/s1. The Bertz CT molecular complexity index is 1640. The number of rotatable bonds is 10. The summed E-state index contributed by atoms with van der Waals surface area (Å²) >= 11 is 2.91. The summed E-state index contributed by atoms with van der Waals surface area (Å²) in [6.45, 7) is 2.00. The number of aryl methyl sites for hydroxylation is 1. The molecule has 1 unspecified atom stereocenters. The Kier molecular flexibility index (Phi) is 8.80. The van der Waals surface area contributed by atoms with E-state index in [1.54, 1.807) is 11.7 Å². The molecule has 44 heavy (non-hydrogen) atoms. The molecule has 10 nitrogen and oxygen atoms in total. The molecule has 0 saturated carbocycles. The molecule has 12 heteroatoms. The van der Waals surface area contributed by atoms with Crippen molar-refractivity contribution < 1.29 is 19.1 Å². The molecule has 0 spiro atoms. The number of fused-ring (bicyclic) bond motifs is 1. The van der Waals surface area contributed by atoms with Gasteiger partial charge in [-0.05, 0) is 39.6 Å². The van der Waals surface area contributed by atoms with Gasteiger partial charge in [0.2, 0.25) is 11.1 Å². The second-order valence-electron chi connectivity index (χ2n) is 10.4. The van der Waals surface area contributed by atoms with Crippen molar-refractivity contribution in [2.45, 2.75) is 41.3 Å². The van der Waals surface area contributed by atoms with E-state index in [2.05, 4.69) is 20.8 Å². The predicted molar refractivity (Wildman–Crippen MR) is 167 cm³/mol. The van der Waals surface area contributed by atoms with E-state index in [9.17, 15) is 14.4 Å². The smallest absolute Gasteiger partial charge is 0.356 e. The number of β-lactam (4-membered cyclic amide) rings is 1. The van der Waals surface area contributed by atoms with E-state index in [-0.39, 0.29) is 29.2 Å². The third-order valence-corrected chi connectivity index (χ3v) is 10.0. The van der Waals surface area contributed by atoms with Gasteiger partial charge >= 0.3 is 5.97 Å². The van der Waals surface area contributed by atoms with Crippen LogP contribution in [0.3, 0.4) is 0 Å². The maximum atomic E-state index is 14.2. The Hall–Kier alpha value is -4.42. The zero-order chi connectivity index (χ0) is 30.6. The zero-order valence-electron chi connectivity index (χ0n) is 24.1. The van der Waals surface area contributed by atoms with Crippen LogP contribution in [0.2, 0.25) is 0 Å². The van der Waals surface area contributed by atoms with Crippen molar-refractivity contribution in [2.24, 2.45) is 7.05 Å². The predicted octanol–water partition coefficient (Wildman–Crippen LogP) is 3.92. The van der Waals surface area contributed by atoms with Crippen LogP contribution in [-0.2, 0) is 32.6 Å². The first-order valence-electron chi connectivity index (χ1n) is 14.1. The minimum absolute atomic E-state index is 0.152. The Balaban J connectivity index is 1.30. The van der Waals surface area contributed by atoms with Crippen molar-refractivity contribution in [3.05, 3.63) is 119 Å².